The number of rotatable bonds is 10. The van der Waals surface area contributed by atoms with Gasteiger partial charge in [-0.15, -0.1) is 10.2 Å². The van der Waals surface area contributed by atoms with Crippen LogP contribution in [0, 0.1) is 5.92 Å². The van der Waals surface area contributed by atoms with Gasteiger partial charge in [-0.2, -0.15) is 0 Å². The Bertz CT molecular complexity index is 1030. The molecule has 0 aliphatic carbocycles. The van der Waals surface area contributed by atoms with Gasteiger partial charge in [0, 0.05) is 19.1 Å². The molecule has 1 saturated heterocycles. The number of thioether (sulfide) groups is 1. The summed E-state index contributed by atoms with van der Waals surface area (Å²) < 4.78 is 36.0. The Kier molecular flexibility index (Phi) is 7.99. The molecular weight excluding hydrogens is 456 g/mol. The Morgan fingerprint density at radius 3 is 2.75 bits per heavy atom. The number of ether oxygens (including phenoxy) is 1. The molecule has 3 heterocycles. The quantitative estimate of drug-likeness (QED) is 0.367. The average molecular weight is 485 g/mol. The van der Waals surface area contributed by atoms with E-state index in [2.05, 4.69) is 10.2 Å². The van der Waals surface area contributed by atoms with Crippen LogP contribution in [-0.2, 0) is 30.7 Å². The summed E-state index contributed by atoms with van der Waals surface area (Å²) in [5.41, 5.74) is 0. The molecule has 2 aromatic heterocycles. The van der Waals surface area contributed by atoms with Crippen molar-refractivity contribution >= 4 is 33.5 Å². The first-order valence-corrected chi connectivity index (χ1v) is 13.3. The van der Waals surface area contributed by atoms with E-state index in [1.54, 1.807) is 23.3 Å². The summed E-state index contributed by atoms with van der Waals surface area (Å²) in [4.78, 5) is 26.5. The maximum absolute atomic E-state index is 12.7. The van der Waals surface area contributed by atoms with Gasteiger partial charge in [-0.3, -0.25) is 14.2 Å². The van der Waals surface area contributed by atoms with Crippen LogP contribution in [0.3, 0.4) is 0 Å². The van der Waals surface area contributed by atoms with Gasteiger partial charge in [0.2, 0.25) is 0 Å². The second kappa shape index (κ2) is 10.5. The van der Waals surface area contributed by atoms with E-state index in [9.17, 15) is 18.0 Å². The fraction of sp³-hybridized carbons (Fsp3) is 0.600. The molecule has 2 aromatic rings. The van der Waals surface area contributed by atoms with Crippen LogP contribution in [0.4, 0.5) is 0 Å². The molecule has 176 valence electrons. The Morgan fingerprint density at radius 2 is 2.16 bits per heavy atom. The number of esters is 1. The zero-order chi connectivity index (χ0) is 23.3. The molecule has 12 heteroatoms. The van der Waals surface area contributed by atoms with Crippen molar-refractivity contribution in [1.82, 2.24) is 19.7 Å². The van der Waals surface area contributed by atoms with E-state index < -0.39 is 22.4 Å². The number of hydrogen-bond acceptors (Lipinski definition) is 9. The van der Waals surface area contributed by atoms with E-state index in [4.69, 9.17) is 9.15 Å². The first-order valence-electron chi connectivity index (χ1n) is 10.5. The zero-order valence-electron chi connectivity index (χ0n) is 18.4. The molecule has 1 unspecified atom stereocenters. The van der Waals surface area contributed by atoms with Crippen molar-refractivity contribution in [2.24, 2.45) is 5.92 Å². The van der Waals surface area contributed by atoms with E-state index in [0.717, 1.165) is 11.8 Å². The number of nitrogens with zero attached hydrogens (tertiary/aromatic N) is 4. The molecule has 3 rings (SSSR count). The smallest absolute Gasteiger partial charge is 0.316 e. The van der Waals surface area contributed by atoms with E-state index in [1.165, 1.54) is 0 Å². The molecule has 1 amide bonds. The van der Waals surface area contributed by atoms with Gasteiger partial charge in [0.05, 0.1) is 23.5 Å². The van der Waals surface area contributed by atoms with Crippen LogP contribution in [0.1, 0.15) is 27.2 Å². The molecule has 10 nitrogen and oxygen atoms in total. The molecule has 1 atom stereocenters. The number of sulfone groups is 1. The Hall–Kier alpha value is -2.34. The van der Waals surface area contributed by atoms with Crippen LogP contribution in [0.5, 0.6) is 0 Å². The predicted molar refractivity (Wildman–Crippen MR) is 119 cm³/mol. The molecule has 0 aromatic carbocycles. The third kappa shape index (κ3) is 6.12. The summed E-state index contributed by atoms with van der Waals surface area (Å²) in [5.74, 6) is 0.378. The highest BCUT2D eigenvalue weighted by atomic mass is 32.2. The van der Waals surface area contributed by atoms with E-state index in [-0.39, 0.29) is 35.1 Å². The first-order chi connectivity index (χ1) is 15.2. The lowest BCUT2D eigenvalue weighted by Crippen LogP contribution is -2.45. The average Bonchev–Trinajstić information content (AvgIpc) is 3.47. The van der Waals surface area contributed by atoms with Crippen LogP contribution in [0.2, 0.25) is 0 Å². The normalized spacial score (nSPS) is 17.6. The fourth-order valence-electron chi connectivity index (χ4n) is 3.53. The van der Waals surface area contributed by atoms with E-state index in [0.29, 0.717) is 36.3 Å². The number of hydrogen-bond donors (Lipinski definition) is 0. The summed E-state index contributed by atoms with van der Waals surface area (Å²) in [6, 6.07) is 3.17. The van der Waals surface area contributed by atoms with Crippen molar-refractivity contribution < 1.29 is 27.2 Å². The molecule has 1 aliphatic heterocycles. The number of carbonyl (C=O) groups excluding carboxylic acids is 2. The highest BCUT2D eigenvalue weighted by Gasteiger charge is 2.35. The van der Waals surface area contributed by atoms with Crippen molar-refractivity contribution in [1.29, 1.82) is 0 Å². The topological polar surface area (TPSA) is 125 Å². The van der Waals surface area contributed by atoms with Crippen LogP contribution < -0.4 is 0 Å². The van der Waals surface area contributed by atoms with Crippen molar-refractivity contribution in [3.63, 3.8) is 0 Å². The predicted octanol–water partition coefficient (Wildman–Crippen LogP) is 1.86. The monoisotopic (exact) mass is 484 g/mol. The number of amides is 1. The van der Waals surface area contributed by atoms with Crippen LogP contribution in [0.25, 0.3) is 11.6 Å². The lowest BCUT2D eigenvalue weighted by molar-refractivity contribution is -0.151. The van der Waals surface area contributed by atoms with E-state index in [1.807, 2.05) is 25.3 Å². The minimum atomic E-state index is -3.13. The van der Waals surface area contributed by atoms with Crippen LogP contribution >= 0.6 is 11.8 Å². The third-order valence-electron chi connectivity index (χ3n) is 4.98. The number of carbonyl (C=O) groups is 2. The fourth-order valence-corrected chi connectivity index (χ4v) is 6.06. The van der Waals surface area contributed by atoms with Gasteiger partial charge in [-0.25, -0.2) is 8.42 Å². The second-order valence-corrected chi connectivity index (χ2v) is 11.1. The molecule has 32 heavy (non-hydrogen) atoms. The molecule has 0 N–H and O–H groups in total. The third-order valence-corrected chi connectivity index (χ3v) is 7.67. The lowest BCUT2D eigenvalue weighted by atomic mass is 10.1. The maximum atomic E-state index is 12.7. The highest BCUT2D eigenvalue weighted by Crippen LogP contribution is 2.24. The SMILES string of the molecule is CCn1c(SCC(=O)OCC(=O)N(CC(C)C)C2CCS(=O)(=O)C2)nnc1-c1ccco1. The summed E-state index contributed by atoms with van der Waals surface area (Å²) in [6.07, 6.45) is 1.96. The summed E-state index contributed by atoms with van der Waals surface area (Å²) >= 11 is 1.16. The Morgan fingerprint density at radius 1 is 1.38 bits per heavy atom. The van der Waals surface area contributed by atoms with Gasteiger partial charge in [-0.05, 0) is 31.4 Å². The molecule has 0 saturated carbocycles. The maximum Gasteiger partial charge on any atom is 0.316 e. The van der Waals surface area contributed by atoms with Gasteiger partial charge in [0.15, 0.2) is 33.2 Å². The van der Waals surface area contributed by atoms with Gasteiger partial charge in [0.1, 0.15) is 0 Å². The van der Waals surface area contributed by atoms with Crippen molar-refractivity contribution in [3.05, 3.63) is 18.4 Å². The zero-order valence-corrected chi connectivity index (χ0v) is 20.0. The number of aromatic nitrogens is 3. The summed E-state index contributed by atoms with van der Waals surface area (Å²) in [6.45, 7) is 6.43. The van der Waals surface area contributed by atoms with Crippen LogP contribution in [-0.4, -0.2) is 76.4 Å². The highest BCUT2D eigenvalue weighted by molar-refractivity contribution is 7.99. The molecule has 0 spiro atoms. The van der Waals surface area contributed by atoms with Gasteiger partial charge < -0.3 is 14.1 Å². The molecule has 0 radical (unpaired) electrons. The van der Waals surface area contributed by atoms with Crippen molar-refractivity contribution in [2.75, 3.05) is 30.4 Å². The van der Waals surface area contributed by atoms with Crippen molar-refractivity contribution in [2.45, 2.75) is 44.9 Å². The standard InChI is InChI=1S/C20H28N4O6S2/c1-4-23-19(16-6-5-8-29-16)21-22-20(23)31-12-18(26)30-11-17(25)24(10-14(2)3)15-7-9-32(27,28)13-15/h5-6,8,14-15H,4,7,9-13H2,1-3H3. The van der Waals surface area contributed by atoms with E-state index >= 15 is 0 Å². The summed E-state index contributed by atoms with van der Waals surface area (Å²) in [7, 11) is -3.13. The minimum Gasteiger partial charge on any atom is -0.461 e. The van der Waals surface area contributed by atoms with Crippen LogP contribution in [0.15, 0.2) is 28.0 Å². The second-order valence-electron chi connectivity index (χ2n) is 7.97. The Labute approximate surface area is 191 Å². The number of furan rings is 1. The minimum absolute atomic E-state index is 0.0362. The Balaban J connectivity index is 1.54. The largest absolute Gasteiger partial charge is 0.461 e. The molecule has 1 fully saturated rings. The van der Waals surface area contributed by atoms with Gasteiger partial charge >= 0.3 is 5.97 Å². The summed E-state index contributed by atoms with van der Waals surface area (Å²) in [5, 5.41) is 8.78. The lowest BCUT2D eigenvalue weighted by Gasteiger charge is -2.29. The van der Waals surface area contributed by atoms with Crippen molar-refractivity contribution in [3.8, 4) is 11.6 Å². The first kappa shape index (κ1) is 24.3. The molecule has 1 aliphatic rings. The van der Waals surface area contributed by atoms with Gasteiger partial charge in [0.25, 0.3) is 5.91 Å². The van der Waals surface area contributed by atoms with Gasteiger partial charge in [-0.1, -0.05) is 25.6 Å². The molecular formula is C20H28N4O6S2. The molecule has 0 bridgehead atoms.